The first-order valence-electron chi connectivity index (χ1n) is 4.53. The molecule has 0 unspecified atom stereocenters. The van der Waals surface area contributed by atoms with E-state index in [-0.39, 0.29) is 6.07 Å². The summed E-state index contributed by atoms with van der Waals surface area (Å²) in [5.74, 6) is -1.34. The molecule has 0 saturated carbocycles. The molecule has 2 nitrogen and oxygen atoms in total. The molecule has 1 rings (SSSR count). The summed E-state index contributed by atoms with van der Waals surface area (Å²) in [4.78, 5) is 10.9. The molecule has 1 aromatic rings. The average molecular weight is 271 g/mol. The summed E-state index contributed by atoms with van der Waals surface area (Å²) >= 11 is 0. The number of amides is 1. The van der Waals surface area contributed by atoms with E-state index in [1.807, 2.05) is 0 Å². The lowest BCUT2D eigenvalue weighted by Gasteiger charge is -2.16. The number of primary amides is 1. The summed E-state index contributed by atoms with van der Waals surface area (Å²) in [5, 5.41) is 0. The van der Waals surface area contributed by atoms with Crippen molar-refractivity contribution in [3.05, 3.63) is 34.4 Å². The summed E-state index contributed by atoms with van der Waals surface area (Å²) in [6.45, 7) is 0.892. The Labute approximate surface area is 97.4 Å². The molecule has 1 amide bonds. The molecule has 18 heavy (non-hydrogen) atoms. The van der Waals surface area contributed by atoms with Crippen molar-refractivity contribution in [3.8, 4) is 0 Å². The smallest absolute Gasteiger partial charge is 0.366 e. The largest absolute Gasteiger partial charge is 0.416 e. The molecule has 2 N–H and O–H groups in total. The van der Waals surface area contributed by atoms with Gasteiger partial charge in [0.2, 0.25) is 5.91 Å². The van der Waals surface area contributed by atoms with Gasteiger partial charge in [-0.2, -0.15) is 26.3 Å². The molecule has 0 spiro atoms. The zero-order chi connectivity index (χ0) is 14.3. The topological polar surface area (TPSA) is 43.1 Å². The lowest BCUT2D eigenvalue weighted by molar-refractivity contribution is -0.143. The van der Waals surface area contributed by atoms with E-state index in [2.05, 4.69) is 0 Å². The Morgan fingerprint density at radius 2 is 1.56 bits per heavy atom. The van der Waals surface area contributed by atoms with Gasteiger partial charge in [0.1, 0.15) is 0 Å². The van der Waals surface area contributed by atoms with E-state index in [0.29, 0.717) is 6.07 Å². The van der Waals surface area contributed by atoms with Gasteiger partial charge in [0, 0.05) is 5.56 Å². The van der Waals surface area contributed by atoms with Crippen LogP contribution >= 0.6 is 0 Å². The zero-order valence-corrected chi connectivity index (χ0v) is 8.91. The summed E-state index contributed by atoms with van der Waals surface area (Å²) < 4.78 is 74.9. The fourth-order valence-corrected chi connectivity index (χ4v) is 1.43. The van der Waals surface area contributed by atoms with Crippen LogP contribution in [0, 0.1) is 6.92 Å². The lowest BCUT2D eigenvalue weighted by Crippen LogP contribution is -2.19. The third-order valence-electron chi connectivity index (χ3n) is 2.31. The molecule has 8 heteroatoms. The number of hydrogen-bond acceptors (Lipinski definition) is 1. The lowest BCUT2D eigenvalue weighted by atomic mass is 9.97. The minimum Gasteiger partial charge on any atom is -0.366 e. The van der Waals surface area contributed by atoms with Crippen LogP contribution in [-0.2, 0) is 12.4 Å². The maximum atomic E-state index is 12.5. The summed E-state index contributed by atoms with van der Waals surface area (Å²) in [5.41, 5.74) is 0.266. The molecule has 0 radical (unpaired) electrons. The monoisotopic (exact) mass is 271 g/mol. The van der Waals surface area contributed by atoms with E-state index in [1.54, 1.807) is 0 Å². The number of alkyl halides is 6. The van der Waals surface area contributed by atoms with Gasteiger partial charge in [-0.05, 0) is 24.6 Å². The van der Waals surface area contributed by atoms with Crippen molar-refractivity contribution in [1.29, 1.82) is 0 Å². The van der Waals surface area contributed by atoms with E-state index in [1.165, 1.54) is 0 Å². The minimum absolute atomic E-state index is 0.0399. The molecule has 0 fully saturated rings. The van der Waals surface area contributed by atoms with Crippen LogP contribution < -0.4 is 5.73 Å². The Kier molecular flexibility index (Phi) is 3.33. The molecule has 0 heterocycles. The molecule has 0 saturated heterocycles. The second-order valence-electron chi connectivity index (χ2n) is 3.56. The van der Waals surface area contributed by atoms with E-state index < -0.39 is 40.5 Å². The first-order chi connectivity index (χ1) is 7.94. The molecule has 0 aliphatic carbocycles. The van der Waals surface area contributed by atoms with Crippen LogP contribution in [0.15, 0.2) is 12.1 Å². The second kappa shape index (κ2) is 4.18. The normalized spacial score (nSPS) is 12.6. The van der Waals surface area contributed by atoms with Crippen LogP contribution in [0.25, 0.3) is 0 Å². The summed E-state index contributed by atoms with van der Waals surface area (Å²) in [6.07, 6.45) is -9.98. The van der Waals surface area contributed by atoms with Crippen LogP contribution in [0.2, 0.25) is 0 Å². The SMILES string of the molecule is Cc1c(C(N)=O)cc(C(F)(F)F)cc1C(F)(F)F. The Bertz CT molecular complexity index is 488. The first-order valence-corrected chi connectivity index (χ1v) is 4.53. The molecule has 0 atom stereocenters. The third kappa shape index (κ3) is 2.74. The molecule has 0 aliphatic heterocycles. The number of hydrogen-bond donors (Lipinski definition) is 1. The van der Waals surface area contributed by atoms with Gasteiger partial charge >= 0.3 is 12.4 Å². The van der Waals surface area contributed by atoms with E-state index in [4.69, 9.17) is 5.73 Å². The molecule has 0 aromatic heterocycles. The van der Waals surface area contributed by atoms with Gasteiger partial charge in [-0.15, -0.1) is 0 Å². The number of halogens is 6. The fourth-order valence-electron chi connectivity index (χ4n) is 1.43. The van der Waals surface area contributed by atoms with Crippen LogP contribution in [0.4, 0.5) is 26.3 Å². The second-order valence-corrected chi connectivity index (χ2v) is 3.56. The fraction of sp³-hybridized carbons (Fsp3) is 0.300. The standard InChI is InChI=1S/C10H7F6NO/c1-4-6(8(17)18)2-5(9(11,12)13)3-7(4)10(14,15)16/h2-3H,1H3,(H2,17,18). The highest BCUT2D eigenvalue weighted by molar-refractivity contribution is 5.95. The Morgan fingerprint density at radius 3 is 1.89 bits per heavy atom. The number of carbonyl (C=O) groups excluding carboxylic acids is 1. The maximum Gasteiger partial charge on any atom is 0.416 e. The summed E-state index contributed by atoms with van der Waals surface area (Å²) in [6, 6.07) is 0.272. The summed E-state index contributed by atoms with van der Waals surface area (Å²) in [7, 11) is 0. The minimum atomic E-state index is -4.99. The Hall–Kier alpha value is -1.73. The van der Waals surface area contributed by atoms with Gasteiger partial charge in [0.05, 0.1) is 11.1 Å². The van der Waals surface area contributed by atoms with E-state index >= 15 is 0 Å². The highest BCUT2D eigenvalue weighted by Gasteiger charge is 2.39. The first kappa shape index (κ1) is 14.3. The molecular weight excluding hydrogens is 264 g/mol. The predicted octanol–water partition coefficient (Wildman–Crippen LogP) is 3.13. The zero-order valence-electron chi connectivity index (χ0n) is 8.91. The number of rotatable bonds is 1. The molecule has 1 aromatic carbocycles. The van der Waals surface area contributed by atoms with Gasteiger partial charge < -0.3 is 5.73 Å². The van der Waals surface area contributed by atoms with Crippen molar-refractivity contribution in [2.75, 3.05) is 0 Å². The van der Waals surface area contributed by atoms with Crippen molar-refractivity contribution in [2.45, 2.75) is 19.3 Å². The van der Waals surface area contributed by atoms with Gasteiger partial charge in [0.25, 0.3) is 0 Å². The van der Waals surface area contributed by atoms with Gasteiger partial charge in [-0.1, -0.05) is 0 Å². The molecular formula is C10H7F6NO. The van der Waals surface area contributed by atoms with Gasteiger partial charge in [-0.3, -0.25) is 4.79 Å². The predicted molar refractivity (Wildman–Crippen MR) is 49.7 cm³/mol. The van der Waals surface area contributed by atoms with E-state index in [0.717, 1.165) is 6.92 Å². The van der Waals surface area contributed by atoms with Crippen molar-refractivity contribution in [1.82, 2.24) is 0 Å². The Balaban J connectivity index is 3.63. The van der Waals surface area contributed by atoms with Crippen LogP contribution in [0.5, 0.6) is 0 Å². The number of nitrogens with two attached hydrogens (primary N) is 1. The third-order valence-corrected chi connectivity index (χ3v) is 2.31. The van der Waals surface area contributed by atoms with Crippen molar-refractivity contribution < 1.29 is 31.1 Å². The molecule has 100 valence electrons. The molecule has 0 aliphatic rings. The molecule has 0 bridgehead atoms. The maximum absolute atomic E-state index is 12.5. The highest BCUT2D eigenvalue weighted by atomic mass is 19.4. The van der Waals surface area contributed by atoms with Gasteiger partial charge in [-0.25, -0.2) is 0 Å². The van der Waals surface area contributed by atoms with E-state index in [9.17, 15) is 31.1 Å². The average Bonchev–Trinajstić information content (AvgIpc) is 2.13. The van der Waals surface area contributed by atoms with Crippen LogP contribution in [-0.4, -0.2) is 5.91 Å². The number of carbonyl (C=O) groups is 1. The van der Waals surface area contributed by atoms with Gasteiger partial charge in [0.15, 0.2) is 0 Å². The quantitative estimate of drug-likeness (QED) is 0.783. The van der Waals surface area contributed by atoms with Crippen molar-refractivity contribution in [3.63, 3.8) is 0 Å². The van der Waals surface area contributed by atoms with Crippen molar-refractivity contribution in [2.24, 2.45) is 5.73 Å². The van der Waals surface area contributed by atoms with Crippen LogP contribution in [0.1, 0.15) is 27.0 Å². The van der Waals surface area contributed by atoms with Crippen LogP contribution in [0.3, 0.4) is 0 Å². The number of benzene rings is 1. The highest BCUT2D eigenvalue weighted by Crippen LogP contribution is 2.38. The van der Waals surface area contributed by atoms with Crippen molar-refractivity contribution >= 4 is 5.91 Å². The Morgan fingerprint density at radius 1 is 1.06 bits per heavy atom.